The fraction of sp³-hybridized carbons (Fsp3) is 0.641. The highest BCUT2D eigenvalue weighted by Crippen LogP contribution is 2.61. The third-order valence-electron chi connectivity index (χ3n) is 11.4. The minimum atomic E-state index is -1.33. The van der Waals surface area contributed by atoms with E-state index in [1.807, 2.05) is 51.1 Å². The number of likely N-dealkylation sites (tertiary alicyclic amines) is 1. The molecule has 1 aromatic rings. The van der Waals surface area contributed by atoms with Crippen LogP contribution in [0.1, 0.15) is 51.7 Å². The molecule has 0 aliphatic carbocycles. The Labute approximate surface area is 316 Å². The summed E-state index contributed by atoms with van der Waals surface area (Å²) in [7, 11) is 1.69. The van der Waals surface area contributed by atoms with Gasteiger partial charge in [-0.25, -0.2) is 0 Å². The Hall–Kier alpha value is -3.10. The van der Waals surface area contributed by atoms with Gasteiger partial charge in [-0.3, -0.25) is 24.1 Å². The molecular weight excluding hydrogens is 732 g/mol. The number of rotatable bonds is 17. The molecule has 1 spiro atoms. The third kappa shape index (κ3) is 7.75. The van der Waals surface area contributed by atoms with Crippen molar-refractivity contribution in [1.29, 1.82) is 0 Å². The number of likely N-dealkylation sites (N-methyl/N-ethyl adjacent to an activating group) is 1. The van der Waals surface area contributed by atoms with E-state index in [1.165, 1.54) is 4.90 Å². The van der Waals surface area contributed by atoms with Crippen LogP contribution in [0, 0.1) is 17.8 Å². The molecule has 12 nitrogen and oxygen atoms in total. The maximum Gasteiger partial charge on any atom is 0.313 e. The lowest BCUT2D eigenvalue weighted by molar-refractivity contribution is -0.165. The average molecular weight is 788 g/mol. The van der Waals surface area contributed by atoms with E-state index in [2.05, 4.69) is 34.0 Å². The number of nitrogens with zero attached hydrogens (tertiary/aromatic N) is 4. The number of allylic oxidation sites excluding steroid dienone is 1. The normalized spacial score (nSPS) is 28.6. The van der Waals surface area contributed by atoms with Crippen LogP contribution in [0.25, 0.3) is 0 Å². The SMILES string of the molecule is C=CCCC(=O)N(C)[C@H](C)[C@H](OC(=O)[C@H]1[C@@H]2O[C@@]3(CC2Br)[C@@H]1C(=O)N([C@@H](CO)C(C)C)[C@@H]3C(=O)N(CC=C)CCN1CCOCC1)c1ccccc1. The topological polar surface area (TPSA) is 129 Å². The summed E-state index contributed by atoms with van der Waals surface area (Å²) in [6.07, 6.45) is 2.90. The van der Waals surface area contributed by atoms with Crippen LogP contribution in [0.15, 0.2) is 55.6 Å². The molecule has 13 heteroatoms. The molecule has 4 heterocycles. The van der Waals surface area contributed by atoms with Crippen LogP contribution in [0.2, 0.25) is 0 Å². The van der Waals surface area contributed by atoms with Gasteiger partial charge in [-0.1, -0.05) is 72.3 Å². The van der Waals surface area contributed by atoms with E-state index in [4.69, 9.17) is 14.2 Å². The minimum absolute atomic E-state index is 0.114. The van der Waals surface area contributed by atoms with E-state index < -0.39 is 59.6 Å². The molecule has 4 aliphatic rings. The number of amides is 3. The first kappa shape index (κ1) is 40.1. The fourth-order valence-corrected chi connectivity index (χ4v) is 9.37. The quantitative estimate of drug-likeness (QED) is 0.144. The minimum Gasteiger partial charge on any atom is -0.455 e. The number of aliphatic hydroxyl groups excluding tert-OH is 1. The summed E-state index contributed by atoms with van der Waals surface area (Å²) < 4.78 is 18.6. The standard InChI is InChI=1S/C39H55BrN4O8/c1-7-9-15-30(46)41(6)26(5)33(27-13-11-10-12-14-27)51-38(49)31-32-36(47)44(29(24-45)25(3)4)35(39(32)23-28(40)34(31)52-39)37(48)43(16-8-2)18-17-42-19-21-50-22-20-42/h7-8,10-14,25-26,28-29,31-35,45H,1-2,9,15-24H2,3-6H3/t26-,28?,29+,31-,32+,33+,34-,35-,39+/m1/s1. The number of aliphatic hydroxyl groups is 1. The first-order chi connectivity index (χ1) is 24.9. The molecule has 5 rings (SSSR count). The zero-order valence-electron chi connectivity index (χ0n) is 30.9. The van der Waals surface area contributed by atoms with Crippen LogP contribution >= 0.6 is 15.9 Å². The van der Waals surface area contributed by atoms with Crippen molar-refractivity contribution in [3.05, 3.63) is 61.2 Å². The molecule has 4 fully saturated rings. The summed E-state index contributed by atoms with van der Waals surface area (Å²) in [6, 6.07) is 6.94. The van der Waals surface area contributed by atoms with Crippen LogP contribution in [-0.2, 0) is 33.4 Å². The van der Waals surface area contributed by atoms with E-state index in [1.54, 1.807) is 29.0 Å². The molecule has 52 heavy (non-hydrogen) atoms. The molecule has 2 bridgehead atoms. The molecule has 3 amide bonds. The Kier molecular flexibility index (Phi) is 13.4. The van der Waals surface area contributed by atoms with Crippen molar-refractivity contribution in [2.24, 2.45) is 17.8 Å². The van der Waals surface area contributed by atoms with Crippen LogP contribution in [0.5, 0.6) is 0 Å². The van der Waals surface area contributed by atoms with Crippen molar-refractivity contribution >= 4 is 39.6 Å². The molecule has 286 valence electrons. The van der Waals surface area contributed by atoms with Crippen molar-refractivity contribution in [2.45, 2.75) is 80.8 Å². The van der Waals surface area contributed by atoms with Crippen molar-refractivity contribution in [2.75, 3.05) is 59.6 Å². The van der Waals surface area contributed by atoms with E-state index in [9.17, 15) is 24.3 Å². The largest absolute Gasteiger partial charge is 0.455 e. The first-order valence-electron chi connectivity index (χ1n) is 18.5. The molecular formula is C39H55BrN4O8. The Morgan fingerprint density at radius 2 is 1.83 bits per heavy atom. The summed E-state index contributed by atoms with van der Waals surface area (Å²) in [5, 5.41) is 10.7. The fourth-order valence-electron chi connectivity index (χ4n) is 8.42. The maximum absolute atomic E-state index is 14.9. The molecule has 4 saturated heterocycles. The van der Waals surface area contributed by atoms with Crippen molar-refractivity contribution in [1.82, 2.24) is 19.6 Å². The van der Waals surface area contributed by atoms with Gasteiger partial charge in [0.15, 0.2) is 0 Å². The number of carbonyl (C=O) groups excluding carboxylic acids is 4. The predicted octanol–water partition coefficient (Wildman–Crippen LogP) is 3.20. The zero-order valence-corrected chi connectivity index (χ0v) is 32.5. The Bertz CT molecular complexity index is 1460. The van der Waals surface area contributed by atoms with E-state index in [-0.39, 0.29) is 42.1 Å². The lowest BCUT2D eigenvalue weighted by Crippen LogP contribution is -2.60. The molecule has 0 aromatic heterocycles. The zero-order chi connectivity index (χ0) is 37.7. The van der Waals surface area contributed by atoms with Crippen LogP contribution in [0.4, 0.5) is 0 Å². The second-order valence-corrected chi connectivity index (χ2v) is 15.9. The Morgan fingerprint density at radius 1 is 1.13 bits per heavy atom. The lowest BCUT2D eigenvalue weighted by atomic mass is 9.70. The number of esters is 1. The number of fused-ring (bicyclic) bond motifs is 1. The van der Waals surface area contributed by atoms with Crippen molar-refractivity contribution in [3.8, 4) is 0 Å². The van der Waals surface area contributed by atoms with Crippen molar-refractivity contribution in [3.63, 3.8) is 0 Å². The van der Waals surface area contributed by atoms with Crippen LogP contribution < -0.4 is 0 Å². The predicted molar refractivity (Wildman–Crippen MR) is 199 cm³/mol. The van der Waals surface area contributed by atoms with Crippen LogP contribution in [-0.4, -0.2) is 143 Å². The van der Waals surface area contributed by atoms with Gasteiger partial charge in [-0.2, -0.15) is 0 Å². The molecule has 1 N–H and O–H groups in total. The van der Waals surface area contributed by atoms with E-state index in [0.717, 1.165) is 13.1 Å². The number of morpholine rings is 1. The summed E-state index contributed by atoms with van der Waals surface area (Å²) in [4.78, 5) is 64.1. The summed E-state index contributed by atoms with van der Waals surface area (Å²) in [6.45, 7) is 17.0. The highest BCUT2D eigenvalue weighted by molar-refractivity contribution is 9.09. The molecule has 1 aromatic carbocycles. The van der Waals surface area contributed by atoms with Gasteiger partial charge in [0.1, 0.15) is 17.7 Å². The Balaban J connectivity index is 1.49. The second kappa shape index (κ2) is 17.4. The van der Waals surface area contributed by atoms with Gasteiger partial charge in [0.05, 0.1) is 49.8 Å². The van der Waals surface area contributed by atoms with Gasteiger partial charge in [0.2, 0.25) is 17.7 Å². The molecule has 1 unspecified atom stereocenters. The van der Waals surface area contributed by atoms with E-state index in [0.29, 0.717) is 44.7 Å². The number of carbonyl (C=O) groups is 4. The lowest BCUT2D eigenvalue weighted by Gasteiger charge is -2.41. The molecule has 9 atom stereocenters. The second-order valence-electron chi connectivity index (χ2n) is 14.8. The first-order valence-corrected chi connectivity index (χ1v) is 19.4. The molecule has 0 saturated carbocycles. The highest BCUT2D eigenvalue weighted by Gasteiger charge is 2.77. The monoisotopic (exact) mass is 786 g/mol. The number of halogens is 1. The van der Waals surface area contributed by atoms with E-state index >= 15 is 0 Å². The number of benzene rings is 1. The van der Waals surface area contributed by atoms with Crippen LogP contribution in [0.3, 0.4) is 0 Å². The van der Waals surface area contributed by atoms with Gasteiger partial charge < -0.3 is 34.0 Å². The molecule has 0 radical (unpaired) electrons. The highest BCUT2D eigenvalue weighted by atomic mass is 79.9. The number of alkyl halides is 1. The van der Waals surface area contributed by atoms with Gasteiger partial charge in [-0.15, -0.1) is 13.2 Å². The summed E-state index contributed by atoms with van der Waals surface area (Å²) in [5.41, 5.74) is -0.628. The molecule has 4 aliphatic heterocycles. The third-order valence-corrected chi connectivity index (χ3v) is 12.2. The van der Waals surface area contributed by atoms with Gasteiger partial charge in [0.25, 0.3) is 0 Å². The Morgan fingerprint density at radius 3 is 2.44 bits per heavy atom. The smallest absolute Gasteiger partial charge is 0.313 e. The van der Waals surface area contributed by atoms with Crippen molar-refractivity contribution < 1.29 is 38.5 Å². The average Bonchev–Trinajstić information content (AvgIpc) is 3.74. The number of ether oxygens (including phenoxy) is 3. The number of hydrogen-bond acceptors (Lipinski definition) is 9. The summed E-state index contributed by atoms with van der Waals surface area (Å²) in [5.74, 6) is -3.68. The number of hydrogen-bond donors (Lipinski definition) is 1. The van der Waals surface area contributed by atoms with Gasteiger partial charge in [-0.05, 0) is 31.2 Å². The van der Waals surface area contributed by atoms with Gasteiger partial charge in [0, 0.05) is 51.0 Å². The maximum atomic E-state index is 14.9. The van der Waals surface area contributed by atoms with Gasteiger partial charge >= 0.3 is 5.97 Å². The summed E-state index contributed by atoms with van der Waals surface area (Å²) >= 11 is 3.76.